The van der Waals surface area contributed by atoms with E-state index < -0.39 is 5.97 Å². The summed E-state index contributed by atoms with van der Waals surface area (Å²) in [5.74, 6) is -0.680. The highest BCUT2D eigenvalue weighted by atomic mass is 16.5. The van der Waals surface area contributed by atoms with Crippen LogP contribution in [0.25, 0.3) is 6.08 Å². The van der Waals surface area contributed by atoms with Gasteiger partial charge in [-0.15, -0.1) is 0 Å². The smallest absolute Gasteiger partial charge is 0.335 e. The summed E-state index contributed by atoms with van der Waals surface area (Å²) in [5, 5.41) is 14.7. The molecular formula is C21H20N2O4. The number of nitrogens with zero attached hydrogens (tertiary/aromatic N) is 2. The Morgan fingerprint density at radius 2 is 1.93 bits per heavy atom. The topological polar surface area (TPSA) is 79.2 Å². The molecule has 1 N–H and O–H groups in total. The molecule has 0 saturated heterocycles. The number of aromatic carboxylic acids is 1. The van der Waals surface area contributed by atoms with Gasteiger partial charge in [-0.1, -0.05) is 24.3 Å². The number of benzene rings is 2. The lowest BCUT2D eigenvalue weighted by Crippen LogP contribution is -2.21. The SMILES string of the molecule is CC1=NN(c2cccc(C(=O)O)c2)C(=O)C1=Cc1ccccc1OC(C)C. The summed E-state index contributed by atoms with van der Waals surface area (Å²) in [6, 6.07) is 13.6. The van der Waals surface area contributed by atoms with Crippen molar-refractivity contribution in [2.24, 2.45) is 5.10 Å². The molecule has 0 atom stereocenters. The molecule has 0 aliphatic carbocycles. The molecule has 0 fully saturated rings. The van der Waals surface area contributed by atoms with Crippen LogP contribution in [-0.2, 0) is 4.79 Å². The fourth-order valence-corrected chi connectivity index (χ4v) is 2.75. The second-order valence-electron chi connectivity index (χ2n) is 6.42. The van der Waals surface area contributed by atoms with Crippen LogP contribution in [0.5, 0.6) is 5.75 Å². The predicted octanol–water partition coefficient (Wildman–Crippen LogP) is 3.98. The van der Waals surface area contributed by atoms with Crippen LogP contribution in [0.4, 0.5) is 5.69 Å². The molecule has 0 unspecified atom stereocenters. The molecule has 1 aliphatic heterocycles. The summed E-state index contributed by atoms with van der Waals surface area (Å²) in [4.78, 5) is 24.1. The number of carbonyl (C=O) groups is 2. The molecule has 6 heteroatoms. The molecule has 0 saturated carbocycles. The number of carbonyl (C=O) groups excluding carboxylic acids is 1. The van der Waals surface area contributed by atoms with Crippen LogP contribution in [-0.4, -0.2) is 28.8 Å². The van der Waals surface area contributed by atoms with Crippen LogP contribution in [0, 0.1) is 0 Å². The van der Waals surface area contributed by atoms with Crippen LogP contribution in [0.3, 0.4) is 0 Å². The summed E-state index contributed by atoms with van der Waals surface area (Å²) in [6.07, 6.45) is 1.76. The maximum Gasteiger partial charge on any atom is 0.335 e. The average Bonchev–Trinajstić information content (AvgIpc) is 2.91. The van der Waals surface area contributed by atoms with Crippen LogP contribution in [0.15, 0.2) is 59.2 Å². The quantitative estimate of drug-likeness (QED) is 0.814. The van der Waals surface area contributed by atoms with Crippen LogP contribution < -0.4 is 9.75 Å². The van der Waals surface area contributed by atoms with Gasteiger partial charge in [-0.05, 0) is 51.1 Å². The van der Waals surface area contributed by atoms with E-state index in [1.54, 1.807) is 25.1 Å². The van der Waals surface area contributed by atoms with Gasteiger partial charge in [0.05, 0.1) is 28.6 Å². The highest BCUT2D eigenvalue weighted by molar-refractivity contribution is 6.32. The highest BCUT2D eigenvalue weighted by Gasteiger charge is 2.29. The number of hydrogen-bond donors (Lipinski definition) is 1. The lowest BCUT2D eigenvalue weighted by molar-refractivity contribution is -0.114. The van der Waals surface area contributed by atoms with Crippen molar-refractivity contribution in [2.75, 3.05) is 5.01 Å². The number of para-hydroxylation sites is 1. The minimum Gasteiger partial charge on any atom is -0.490 e. The Labute approximate surface area is 157 Å². The van der Waals surface area contributed by atoms with Gasteiger partial charge in [0, 0.05) is 5.56 Å². The molecule has 1 heterocycles. The van der Waals surface area contributed by atoms with Crippen molar-refractivity contribution in [3.8, 4) is 5.75 Å². The monoisotopic (exact) mass is 364 g/mol. The van der Waals surface area contributed by atoms with Gasteiger partial charge in [0.2, 0.25) is 0 Å². The van der Waals surface area contributed by atoms with Crippen LogP contribution >= 0.6 is 0 Å². The van der Waals surface area contributed by atoms with Gasteiger partial charge in [-0.2, -0.15) is 10.1 Å². The predicted molar refractivity (Wildman–Crippen MR) is 104 cm³/mol. The Hall–Kier alpha value is -3.41. The summed E-state index contributed by atoms with van der Waals surface area (Å²) < 4.78 is 5.81. The molecule has 0 bridgehead atoms. The van der Waals surface area contributed by atoms with E-state index in [4.69, 9.17) is 9.84 Å². The third-order valence-electron chi connectivity index (χ3n) is 3.98. The normalized spacial score (nSPS) is 15.4. The van der Waals surface area contributed by atoms with Gasteiger partial charge in [-0.3, -0.25) is 4.79 Å². The molecule has 0 aromatic heterocycles. The Morgan fingerprint density at radius 3 is 2.63 bits per heavy atom. The first-order valence-electron chi connectivity index (χ1n) is 8.57. The van der Waals surface area contributed by atoms with Crippen molar-refractivity contribution in [1.82, 2.24) is 0 Å². The van der Waals surface area contributed by atoms with Crippen molar-refractivity contribution in [1.29, 1.82) is 0 Å². The maximum absolute atomic E-state index is 12.9. The van der Waals surface area contributed by atoms with Crippen molar-refractivity contribution in [3.63, 3.8) is 0 Å². The van der Waals surface area contributed by atoms with Gasteiger partial charge in [0.15, 0.2) is 0 Å². The Kier molecular flexibility index (Phi) is 5.07. The molecule has 2 aromatic rings. The van der Waals surface area contributed by atoms with E-state index in [0.717, 1.165) is 5.56 Å². The molecule has 6 nitrogen and oxygen atoms in total. The first-order chi connectivity index (χ1) is 12.9. The molecule has 1 amide bonds. The van der Waals surface area contributed by atoms with Crippen LogP contribution in [0.1, 0.15) is 36.7 Å². The Morgan fingerprint density at radius 1 is 1.19 bits per heavy atom. The maximum atomic E-state index is 12.9. The van der Waals surface area contributed by atoms with Crippen molar-refractivity contribution in [3.05, 3.63) is 65.2 Å². The summed E-state index contributed by atoms with van der Waals surface area (Å²) >= 11 is 0. The molecule has 138 valence electrons. The van der Waals surface area contributed by atoms with E-state index in [9.17, 15) is 9.59 Å². The van der Waals surface area contributed by atoms with Crippen molar-refractivity contribution < 1.29 is 19.4 Å². The van der Waals surface area contributed by atoms with Gasteiger partial charge in [0.25, 0.3) is 5.91 Å². The zero-order chi connectivity index (χ0) is 19.6. The minimum atomic E-state index is -1.06. The summed E-state index contributed by atoms with van der Waals surface area (Å²) in [7, 11) is 0. The zero-order valence-electron chi connectivity index (χ0n) is 15.3. The average molecular weight is 364 g/mol. The van der Waals surface area contributed by atoms with Gasteiger partial charge in [0.1, 0.15) is 5.75 Å². The van der Waals surface area contributed by atoms with Gasteiger partial charge >= 0.3 is 5.97 Å². The fraction of sp³-hybridized carbons (Fsp3) is 0.190. The second kappa shape index (κ2) is 7.45. The van der Waals surface area contributed by atoms with E-state index >= 15 is 0 Å². The summed E-state index contributed by atoms with van der Waals surface area (Å²) in [5.41, 5.74) is 2.29. The minimum absolute atomic E-state index is 0.00819. The van der Waals surface area contributed by atoms with Gasteiger partial charge in [-0.25, -0.2) is 4.79 Å². The van der Waals surface area contributed by atoms with E-state index in [0.29, 0.717) is 22.7 Å². The van der Waals surface area contributed by atoms with E-state index in [2.05, 4.69) is 5.10 Å². The number of carboxylic acids is 1. The van der Waals surface area contributed by atoms with Gasteiger partial charge < -0.3 is 9.84 Å². The Bertz CT molecular complexity index is 960. The van der Waals surface area contributed by atoms with Crippen molar-refractivity contribution in [2.45, 2.75) is 26.9 Å². The second-order valence-corrected chi connectivity index (χ2v) is 6.42. The van der Waals surface area contributed by atoms with Crippen molar-refractivity contribution >= 4 is 29.4 Å². The fourth-order valence-electron chi connectivity index (χ4n) is 2.75. The number of carboxylic acid groups (broad SMARTS) is 1. The molecule has 1 aliphatic rings. The molecule has 3 rings (SSSR count). The number of amides is 1. The van der Waals surface area contributed by atoms with Crippen LogP contribution in [0.2, 0.25) is 0 Å². The standard InChI is InChI=1S/C21H20N2O4/c1-13(2)27-19-10-5-4-7-15(19)12-18-14(3)22-23(20(18)24)17-9-6-8-16(11-17)21(25)26/h4-13H,1-3H3,(H,25,26). The number of ether oxygens (including phenoxy) is 1. The summed E-state index contributed by atoms with van der Waals surface area (Å²) in [6.45, 7) is 5.62. The highest BCUT2D eigenvalue weighted by Crippen LogP contribution is 2.28. The first kappa shape index (κ1) is 18.4. The number of anilines is 1. The van der Waals surface area contributed by atoms with E-state index in [-0.39, 0.29) is 17.6 Å². The van der Waals surface area contributed by atoms with E-state index in [1.165, 1.54) is 17.1 Å². The lowest BCUT2D eigenvalue weighted by atomic mass is 10.1. The molecule has 0 radical (unpaired) electrons. The third kappa shape index (κ3) is 3.89. The number of hydrazone groups is 1. The lowest BCUT2D eigenvalue weighted by Gasteiger charge is -2.13. The molecule has 2 aromatic carbocycles. The van der Waals surface area contributed by atoms with E-state index in [1.807, 2.05) is 38.1 Å². The molecule has 27 heavy (non-hydrogen) atoms. The zero-order valence-corrected chi connectivity index (χ0v) is 15.3. The largest absolute Gasteiger partial charge is 0.490 e. The number of hydrogen-bond acceptors (Lipinski definition) is 4. The molecular weight excluding hydrogens is 344 g/mol. The first-order valence-corrected chi connectivity index (χ1v) is 8.57. The third-order valence-corrected chi connectivity index (χ3v) is 3.98. The molecule has 0 spiro atoms. The Balaban J connectivity index is 1.96. The number of rotatable bonds is 5.